The summed E-state index contributed by atoms with van der Waals surface area (Å²) in [5.41, 5.74) is 3.66. The van der Waals surface area contributed by atoms with Gasteiger partial charge in [0.15, 0.2) is 0 Å². The summed E-state index contributed by atoms with van der Waals surface area (Å²) in [5, 5.41) is 0. The fraction of sp³-hybridized carbons (Fsp3) is 0.500. The van der Waals surface area contributed by atoms with Gasteiger partial charge in [-0.05, 0) is 32.9 Å². The van der Waals surface area contributed by atoms with Gasteiger partial charge >= 0.3 is 0 Å². The first-order valence-electron chi connectivity index (χ1n) is 4.96. The Balaban J connectivity index is 2.34. The molecule has 0 aromatic carbocycles. The first-order valence-corrected chi connectivity index (χ1v) is 4.96. The molecular weight excluding hydrogens is 174 g/mol. The van der Waals surface area contributed by atoms with Crippen LogP contribution in [-0.2, 0) is 11.3 Å². The molecule has 1 rings (SSSR count). The number of aryl methyl sites for hydroxylation is 2. The van der Waals surface area contributed by atoms with Gasteiger partial charge in [0.05, 0.1) is 13.2 Å². The summed E-state index contributed by atoms with van der Waals surface area (Å²) >= 11 is 0. The molecule has 0 aliphatic heterocycles. The molecule has 0 radical (unpaired) electrons. The highest BCUT2D eigenvalue weighted by molar-refractivity contribution is 5.13. The topological polar surface area (TPSA) is 14.2 Å². The lowest BCUT2D eigenvalue weighted by molar-refractivity contribution is 0.146. The predicted octanol–water partition coefficient (Wildman–Crippen LogP) is 2.70. The Morgan fingerprint density at radius 1 is 1.36 bits per heavy atom. The smallest absolute Gasteiger partial charge is 0.0672 e. The molecule has 0 aliphatic carbocycles. The molecule has 0 bridgehead atoms. The third kappa shape index (κ3) is 3.04. The fourth-order valence-electron chi connectivity index (χ4n) is 1.45. The maximum Gasteiger partial charge on any atom is 0.0672 e. The lowest BCUT2D eigenvalue weighted by Crippen LogP contribution is -2.09. The van der Waals surface area contributed by atoms with E-state index in [1.165, 1.54) is 11.4 Å². The largest absolute Gasteiger partial charge is 0.375 e. The van der Waals surface area contributed by atoms with Gasteiger partial charge in [-0.15, -0.1) is 0 Å². The molecule has 0 aliphatic rings. The van der Waals surface area contributed by atoms with Crippen LogP contribution in [0.4, 0.5) is 0 Å². The number of aromatic nitrogens is 1. The van der Waals surface area contributed by atoms with Crippen molar-refractivity contribution in [3.63, 3.8) is 0 Å². The molecular formula is C12H19NO. The van der Waals surface area contributed by atoms with Gasteiger partial charge in [0.1, 0.15) is 0 Å². The number of ether oxygens (including phenoxy) is 1. The van der Waals surface area contributed by atoms with E-state index in [4.69, 9.17) is 4.74 Å². The molecule has 1 aromatic rings. The van der Waals surface area contributed by atoms with E-state index in [1.807, 2.05) is 6.92 Å². The van der Waals surface area contributed by atoms with Gasteiger partial charge in [0.2, 0.25) is 0 Å². The number of hydrogen-bond acceptors (Lipinski definition) is 1. The molecule has 1 aromatic heterocycles. The van der Waals surface area contributed by atoms with Crippen LogP contribution in [0.2, 0.25) is 0 Å². The summed E-state index contributed by atoms with van der Waals surface area (Å²) in [6.45, 7) is 12.4. The molecule has 0 amide bonds. The lowest BCUT2D eigenvalue weighted by atomic mass is 10.4. The maximum atomic E-state index is 5.46. The number of nitrogens with zero attached hydrogens (tertiary/aromatic N) is 1. The predicted molar refractivity (Wildman–Crippen MR) is 59.5 cm³/mol. The Morgan fingerprint density at radius 3 is 2.43 bits per heavy atom. The molecule has 0 spiro atoms. The summed E-state index contributed by atoms with van der Waals surface area (Å²) in [7, 11) is 0. The standard InChI is InChI=1S/C12H19NO/c1-10(2)9-14-8-7-13-11(3)5-6-12(13)4/h5-6H,1,7-9H2,2-4H3. The van der Waals surface area contributed by atoms with Crippen LogP contribution in [0, 0.1) is 13.8 Å². The van der Waals surface area contributed by atoms with E-state index in [0.29, 0.717) is 6.61 Å². The van der Waals surface area contributed by atoms with Gasteiger partial charge in [-0.1, -0.05) is 12.2 Å². The SMILES string of the molecule is C=C(C)COCCn1c(C)ccc1C. The van der Waals surface area contributed by atoms with E-state index in [1.54, 1.807) is 0 Å². The molecule has 0 saturated carbocycles. The summed E-state index contributed by atoms with van der Waals surface area (Å²) in [4.78, 5) is 0. The minimum absolute atomic E-state index is 0.666. The van der Waals surface area contributed by atoms with Crippen molar-refractivity contribution in [1.82, 2.24) is 4.57 Å². The van der Waals surface area contributed by atoms with Crippen molar-refractivity contribution < 1.29 is 4.74 Å². The molecule has 2 nitrogen and oxygen atoms in total. The van der Waals surface area contributed by atoms with E-state index in [9.17, 15) is 0 Å². The van der Waals surface area contributed by atoms with Crippen LogP contribution in [0.15, 0.2) is 24.3 Å². The third-order valence-corrected chi connectivity index (χ3v) is 2.22. The molecule has 0 unspecified atom stereocenters. The van der Waals surface area contributed by atoms with E-state index in [2.05, 4.69) is 37.1 Å². The average molecular weight is 193 g/mol. The van der Waals surface area contributed by atoms with Gasteiger partial charge in [-0.3, -0.25) is 0 Å². The molecule has 78 valence electrons. The second kappa shape index (κ2) is 5.01. The zero-order valence-corrected chi connectivity index (χ0v) is 9.34. The molecule has 1 heterocycles. The summed E-state index contributed by atoms with van der Waals surface area (Å²) in [5.74, 6) is 0. The van der Waals surface area contributed by atoms with Crippen molar-refractivity contribution in [2.45, 2.75) is 27.3 Å². The molecule has 0 N–H and O–H groups in total. The normalized spacial score (nSPS) is 10.5. The van der Waals surface area contributed by atoms with E-state index >= 15 is 0 Å². The zero-order valence-electron chi connectivity index (χ0n) is 9.34. The first kappa shape index (κ1) is 11.1. The van der Waals surface area contributed by atoms with Crippen LogP contribution in [0.5, 0.6) is 0 Å². The van der Waals surface area contributed by atoms with Crippen molar-refractivity contribution in [1.29, 1.82) is 0 Å². The minimum atomic E-state index is 0.666. The minimum Gasteiger partial charge on any atom is -0.375 e. The number of rotatable bonds is 5. The summed E-state index contributed by atoms with van der Waals surface area (Å²) in [6, 6.07) is 4.27. The molecule has 0 saturated heterocycles. The number of hydrogen-bond donors (Lipinski definition) is 0. The zero-order chi connectivity index (χ0) is 10.6. The molecule has 2 heteroatoms. The van der Waals surface area contributed by atoms with Gasteiger partial charge in [-0.2, -0.15) is 0 Å². The Bertz CT molecular complexity index is 293. The van der Waals surface area contributed by atoms with Gasteiger partial charge in [-0.25, -0.2) is 0 Å². The Kier molecular flexibility index (Phi) is 3.96. The Hall–Kier alpha value is -1.02. The molecule has 14 heavy (non-hydrogen) atoms. The van der Waals surface area contributed by atoms with Crippen molar-refractivity contribution in [3.05, 3.63) is 35.7 Å². The van der Waals surface area contributed by atoms with E-state index in [-0.39, 0.29) is 0 Å². The quantitative estimate of drug-likeness (QED) is 0.518. The average Bonchev–Trinajstić information content (AvgIpc) is 2.42. The summed E-state index contributed by atoms with van der Waals surface area (Å²) < 4.78 is 7.72. The second-order valence-electron chi connectivity index (χ2n) is 3.78. The lowest BCUT2D eigenvalue weighted by Gasteiger charge is -2.09. The van der Waals surface area contributed by atoms with Gasteiger partial charge < -0.3 is 9.30 Å². The fourth-order valence-corrected chi connectivity index (χ4v) is 1.45. The maximum absolute atomic E-state index is 5.46. The van der Waals surface area contributed by atoms with E-state index < -0.39 is 0 Å². The highest BCUT2D eigenvalue weighted by atomic mass is 16.5. The second-order valence-corrected chi connectivity index (χ2v) is 3.78. The van der Waals surface area contributed by atoms with Crippen LogP contribution in [0.3, 0.4) is 0 Å². The van der Waals surface area contributed by atoms with Crippen LogP contribution >= 0.6 is 0 Å². The monoisotopic (exact) mass is 193 g/mol. The third-order valence-electron chi connectivity index (χ3n) is 2.22. The van der Waals surface area contributed by atoms with Gasteiger partial charge in [0.25, 0.3) is 0 Å². The van der Waals surface area contributed by atoms with Crippen LogP contribution in [0.25, 0.3) is 0 Å². The van der Waals surface area contributed by atoms with Crippen LogP contribution in [-0.4, -0.2) is 17.8 Å². The van der Waals surface area contributed by atoms with Gasteiger partial charge in [0, 0.05) is 17.9 Å². The van der Waals surface area contributed by atoms with Crippen molar-refractivity contribution in [2.24, 2.45) is 0 Å². The van der Waals surface area contributed by atoms with Crippen molar-refractivity contribution in [2.75, 3.05) is 13.2 Å². The van der Waals surface area contributed by atoms with Crippen LogP contribution in [0.1, 0.15) is 18.3 Å². The van der Waals surface area contributed by atoms with Crippen molar-refractivity contribution in [3.8, 4) is 0 Å². The molecule has 0 fully saturated rings. The molecule has 0 atom stereocenters. The Morgan fingerprint density at radius 2 is 1.93 bits per heavy atom. The highest BCUT2D eigenvalue weighted by Crippen LogP contribution is 2.06. The first-order chi connectivity index (χ1) is 6.61. The van der Waals surface area contributed by atoms with Crippen LogP contribution < -0.4 is 0 Å². The Labute approximate surface area is 86.2 Å². The van der Waals surface area contributed by atoms with E-state index in [0.717, 1.165) is 18.7 Å². The van der Waals surface area contributed by atoms with Crippen molar-refractivity contribution >= 4 is 0 Å². The summed E-state index contributed by atoms with van der Waals surface area (Å²) in [6.07, 6.45) is 0. The highest BCUT2D eigenvalue weighted by Gasteiger charge is 1.99.